The van der Waals surface area contributed by atoms with Crippen LogP contribution < -0.4 is 5.32 Å². The van der Waals surface area contributed by atoms with Crippen molar-refractivity contribution in [3.05, 3.63) is 64.1 Å². The quantitative estimate of drug-likeness (QED) is 0.848. The first kappa shape index (κ1) is 15.1. The highest BCUT2D eigenvalue weighted by molar-refractivity contribution is 9.10. The molecule has 0 aromatic heterocycles. The van der Waals surface area contributed by atoms with E-state index in [0.29, 0.717) is 0 Å². The van der Waals surface area contributed by atoms with Gasteiger partial charge in [-0.2, -0.15) is 0 Å². The monoisotopic (exact) mass is 332 g/mol. The molecule has 0 amide bonds. The summed E-state index contributed by atoms with van der Waals surface area (Å²) in [7, 11) is 2.16. The van der Waals surface area contributed by atoms with E-state index in [4.69, 9.17) is 0 Å². The van der Waals surface area contributed by atoms with Crippen molar-refractivity contribution in [2.75, 3.05) is 25.5 Å². The highest BCUT2D eigenvalue weighted by atomic mass is 79.9. The third-order valence-electron chi connectivity index (χ3n) is 3.37. The molecule has 0 aliphatic rings. The first-order valence-electron chi connectivity index (χ1n) is 6.87. The molecule has 1 N–H and O–H groups in total. The smallest absolute Gasteiger partial charge is 0.0341 e. The van der Waals surface area contributed by atoms with E-state index in [-0.39, 0.29) is 0 Å². The molecular formula is C17H21BrN2. The van der Waals surface area contributed by atoms with Crippen LogP contribution in [0.1, 0.15) is 11.1 Å². The van der Waals surface area contributed by atoms with Gasteiger partial charge >= 0.3 is 0 Å². The zero-order chi connectivity index (χ0) is 14.4. The first-order valence-corrected chi connectivity index (χ1v) is 7.67. The Kier molecular flexibility index (Phi) is 5.62. The molecule has 0 spiro atoms. The van der Waals surface area contributed by atoms with Gasteiger partial charge in [0.2, 0.25) is 0 Å². The molecule has 106 valence electrons. The van der Waals surface area contributed by atoms with Crippen LogP contribution in [0.3, 0.4) is 0 Å². The lowest BCUT2D eigenvalue weighted by atomic mass is 10.1. The minimum absolute atomic E-state index is 0.948. The van der Waals surface area contributed by atoms with Gasteiger partial charge in [-0.05, 0) is 49.4 Å². The standard InChI is InChI=1S/C17H21BrN2/c1-14-5-3-4-6-15(14)13-20(2)12-11-19-17-9-7-16(18)8-10-17/h3-10,19H,11-13H2,1-2H3. The lowest BCUT2D eigenvalue weighted by Crippen LogP contribution is -2.25. The number of anilines is 1. The average molecular weight is 333 g/mol. The molecular weight excluding hydrogens is 312 g/mol. The maximum absolute atomic E-state index is 3.44. The molecule has 2 aromatic rings. The Labute approximate surface area is 129 Å². The maximum Gasteiger partial charge on any atom is 0.0341 e. The summed E-state index contributed by atoms with van der Waals surface area (Å²) < 4.78 is 1.11. The fourth-order valence-electron chi connectivity index (χ4n) is 2.12. The Hall–Kier alpha value is -1.32. The molecule has 0 bridgehead atoms. The van der Waals surface area contributed by atoms with Gasteiger partial charge in [-0.3, -0.25) is 0 Å². The fraction of sp³-hybridized carbons (Fsp3) is 0.294. The zero-order valence-electron chi connectivity index (χ0n) is 12.1. The van der Waals surface area contributed by atoms with Gasteiger partial charge in [0.15, 0.2) is 0 Å². The van der Waals surface area contributed by atoms with Crippen molar-refractivity contribution in [2.45, 2.75) is 13.5 Å². The topological polar surface area (TPSA) is 15.3 Å². The summed E-state index contributed by atoms with van der Waals surface area (Å²) in [5, 5.41) is 3.44. The van der Waals surface area contributed by atoms with Crippen molar-refractivity contribution in [3.8, 4) is 0 Å². The van der Waals surface area contributed by atoms with Gasteiger partial charge in [0.05, 0.1) is 0 Å². The zero-order valence-corrected chi connectivity index (χ0v) is 13.7. The number of nitrogens with zero attached hydrogens (tertiary/aromatic N) is 1. The van der Waals surface area contributed by atoms with E-state index < -0.39 is 0 Å². The number of nitrogens with one attached hydrogen (secondary N) is 1. The molecule has 20 heavy (non-hydrogen) atoms. The lowest BCUT2D eigenvalue weighted by molar-refractivity contribution is 0.339. The van der Waals surface area contributed by atoms with E-state index in [1.54, 1.807) is 0 Å². The van der Waals surface area contributed by atoms with E-state index >= 15 is 0 Å². The molecule has 0 unspecified atom stereocenters. The first-order chi connectivity index (χ1) is 9.65. The molecule has 0 aliphatic carbocycles. The van der Waals surface area contributed by atoms with Crippen molar-refractivity contribution in [3.63, 3.8) is 0 Å². The third-order valence-corrected chi connectivity index (χ3v) is 3.90. The van der Waals surface area contributed by atoms with Crippen LogP contribution in [0.15, 0.2) is 53.0 Å². The summed E-state index contributed by atoms with van der Waals surface area (Å²) in [6, 6.07) is 16.9. The Morgan fingerprint density at radius 2 is 1.75 bits per heavy atom. The number of halogens is 1. The van der Waals surface area contributed by atoms with Gasteiger partial charge in [0.25, 0.3) is 0 Å². The van der Waals surface area contributed by atoms with Gasteiger partial charge in [0.1, 0.15) is 0 Å². The van der Waals surface area contributed by atoms with Crippen molar-refractivity contribution in [1.29, 1.82) is 0 Å². The average Bonchev–Trinajstić information content (AvgIpc) is 2.44. The Bertz CT molecular complexity index is 537. The van der Waals surface area contributed by atoms with E-state index in [0.717, 1.165) is 29.8 Å². The molecule has 0 saturated carbocycles. The van der Waals surface area contributed by atoms with E-state index in [9.17, 15) is 0 Å². The predicted octanol–water partition coefficient (Wildman–Crippen LogP) is 4.30. The van der Waals surface area contributed by atoms with Gasteiger partial charge in [0, 0.05) is 29.8 Å². The SMILES string of the molecule is Cc1ccccc1CN(C)CCNc1ccc(Br)cc1. The van der Waals surface area contributed by atoms with Gasteiger partial charge < -0.3 is 10.2 Å². The number of likely N-dealkylation sites (N-methyl/N-ethyl adjacent to an activating group) is 1. The van der Waals surface area contributed by atoms with Crippen molar-refractivity contribution in [2.24, 2.45) is 0 Å². The highest BCUT2D eigenvalue weighted by Gasteiger charge is 2.02. The van der Waals surface area contributed by atoms with Crippen LogP contribution >= 0.6 is 15.9 Å². The van der Waals surface area contributed by atoms with Crippen molar-refractivity contribution >= 4 is 21.6 Å². The largest absolute Gasteiger partial charge is 0.384 e. The molecule has 0 atom stereocenters. The second kappa shape index (κ2) is 7.46. The van der Waals surface area contributed by atoms with Crippen LogP contribution in [-0.4, -0.2) is 25.0 Å². The number of hydrogen-bond donors (Lipinski definition) is 1. The Morgan fingerprint density at radius 3 is 2.45 bits per heavy atom. The Balaban J connectivity index is 1.76. The maximum atomic E-state index is 3.44. The molecule has 0 fully saturated rings. The van der Waals surface area contributed by atoms with Gasteiger partial charge in [-0.1, -0.05) is 40.2 Å². The predicted molar refractivity (Wildman–Crippen MR) is 90.1 cm³/mol. The number of rotatable bonds is 6. The van der Waals surface area contributed by atoms with Crippen molar-refractivity contribution < 1.29 is 0 Å². The van der Waals surface area contributed by atoms with Crippen LogP contribution in [0, 0.1) is 6.92 Å². The van der Waals surface area contributed by atoms with E-state index in [1.807, 2.05) is 0 Å². The second-order valence-electron chi connectivity index (χ2n) is 5.10. The van der Waals surface area contributed by atoms with Crippen molar-refractivity contribution in [1.82, 2.24) is 4.90 Å². The number of benzene rings is 2. The van der Waals surface area contributed by atoms with Gasteiger partial charge in [-0.15, -0.1) is 0 Å². The molecule has 0 saturated heterocycles. The molecule has 0 heterocycles. The van der Waals surface area contributed by atoms with Crippen LogP contribution in [0.25, 0.3) is 0 Å². The van der Waals surface area contributed by atoms with Gasteiger partial charge in [-0.25, -0.2) is 0 Å². The summed E-state index contributed by atoms with van der Waals surface area (Å²) in [6.45, 7) is 5.13. The lowest BCUT2D eigenvalue weighted by Gasteiger charge is -2.18. The second-order valence-corrected chi connectivity index (χ2v) is 6.01. The number of aryl methyl sites for hydroxylation is 1. The molecule has 0 aliphatic heterocycles. The summed E-state index contributed by atoms with van der Waals surface area (Å²) in [5.41, 5.74) is 3.93. The summed E-state index contributed by atoms with van der Waals surface area (Å²) >= 11 is 3.44. The Morgan fingerprint density at radius 1 is 1.05 bits per heavy atom. The minimum atomic E-state index is 0.948. The summed E-state index contributed by atoms with van der Waals surface area (Å²) in [5.74, 6) is 0. The molecule has 2 aromatic carbocycles. The van der Waals surface area contributed by atoms with Crippen LogP contribution in [-0.2, 0) is 6.54 Å². The molecule has 2 nitrogen and oxygen atoms in total. The molecule has 0 radical (unpaired) electrons. The fourth-order valence-corrected chi connectivity index (χ4v) is 2.38. The highest BCUT2D eigenvalue weighted by Crippen LogP contribution is 2.14. The van der Waals surface area contributed by atoms with E-state index in [2.05, 4.69) is 88.6 Å². The molecule has 2 rings (SSSR count). The normalized spacial score (nSPS) is 10.8. The van der Waals surface area contributed by atoms with Crippen LogP contribution in [0.5, 0.6) is 0 Å². The summed E-state index contributed by atoms with van der Waals surface area (Å²) in [4.78, 5) is 2.34. The van der Waals surface area contributed by atoms with Crippen LogP contribution in [0.4, 0.5) is 5.69 Å². The summed E-state index contributed by atoms with van der Waals surface area (Å²) in [6.07, 6.45) is 0. The molecule has 3 heteroatoms. The third kappa shape index (κ3) is 4.66. The van der Waals surface area contributed by atoms with Crippen LogP contribution in [0.2, 0.25) is 0 Å². The number of hydrogen-bond acceptors (Lipinski definition) is 2. The van der Waals surface area contributed by atoms with E-state index in [1.165, 1.54) is 11.1 Å². The minimum Gasteiger partial charge on any atom is -0.384 e.